The second-order valence-corrected chi connectivity index (χ2v) is 6.59. The van der Waals surface area contributed by atoms with E-state index in [1.807, 2.05) is 18.2 Å². The predicted molar refractivity (Wildman–Crippen MR) is 83.9 cm³/mol. The fourth-order valence-corrected chi connectivity index (χ4v) is 3.34. The lowest BCUT2D eigenvalue weighted by molar-refractivity contribution is -0.125. The number of benzene rings is 1. The zero-order valence-corrected chi connectivity index (χ0v) is 12.7. The van der Waals surface area contributed by atoms with Crippen molar-refractivity contribution in [2.75, 3.05) is 26.7 Å². The lowest BCUT2D eigenvalue weighted by Gasteiger charge is -2.20. The number of nitrogens with two attached hydrogens (primary N) is 1. The molecule has 114 valence electrons. The summed E-state index contributed by atoms with van der Waals surface area (Å²) in [4.78, 5) is 14.8. The monoisotopic (exact) mass is 287 g/mol. The lowest BCUT2D eigenvalue weighted by atomic mass is 9.88. The molecule has 1 unspecified atom stereocenters. The van der Waals surface area contributed by atoms with Crippen LogP contribution in [0.2, 0.25) is 0 Å². The molecule has 4 nitrogen and oxygen atoms in total. The summed E-state index contributed by atoms with van der Waals surface area (Å²) in [5.41, 5.74) is 7.33. The molecule has 1 aromatic carbocycles. The van der Waals surface area contributed by atoms with Crippen molar-refractivity contribution in [2.24, 2.45) is 17.6 Å². The van der Waals surface area contributed by atoms with Crippen molar-refractivity contribution < 1.29 is 4.79 Å². The minimum atomic E-state index is 0.0313. The molecule has 0 bridgehead atoms. The summed E-state index contributed by atoms with van der Waals surface area (Å²) in [5.74, 6) is 1.10. The molecule has 3 atom stereocenters. The summed E-state index contributed by atoms with van der Waals surface area (Å²) in [5, 5.41) is 3.08. The minimum Gasteiger partial charge on any atom is -0.354 e. The number of likely N-dealkylation sites (tertiary alicyclic amines) is 1. The highest BCUT2D eigenvalue weighted by Crippen LogP contribution is 2.33. The molecule has 1 saturated carbocycles. The third-order valence-corrected chi connectivity index (χ3v) is 4.81. The summed E-state index contributed by atoms with van der Waals surface area (Å²) in [6, 6.07) is 10.5. The van der Waals surface area contributed by atoms with Crippen LogP contribution in [0.15, 0.2) is 30.3 Å². The number of nitrogens with zero attached hydrogens (tertiary/aromatic N) is 1. The van der Waals surface area contributed by atoms with Crippen molar-refractivity contribution in [3.05, 3.63) is 35.9 Å². The highest BCUT2D eigenvalue weighted by atomic mass is 16.1. The predicted octanol–water partition coefficient (Wildman–Crippen LogP) is 1.19. The number of rotatable bonds is 5. The Morgan fingerprint density at radius 3 is 2.71 bits per heavy atom. The zero-order chi connectivity index (χ0) is 14.8. The zero-order valence-electron chi connectivity index (χ0n) is 12.7. The first-order valence-electron chi connectivity index (χ1n) is 7.92. The van der Waals surface area contributed by atoms with Gasteiger partial charge in [0.15, 0.2) is 0 Å². The van der Waals surface area contributed by atoms with Gasteiger partial charge in [-0.2, -0.15) is 0 Å². The first kappa shape index (κ1) is 14.5. The molecule has 21 heavy (non-hydrogen) atoms. The smallest absolute Gasteiger partial charge is 0.225 e. The van der Waals surface area contributed by atoms with E-state index in [-0.39, 0.29) is 23.8 Å². The quantitative estimate of drug-likeness (QED) is 0.855. The topological polar surface area (TPSA) is 58.4 Å². The maximum Gasteiger partial charge on any atom is 0.225 e. The fraction of sp³-hybridized carbons (Fsp3) is 0.588. The van der Waals surface area contributed by atoms with Crippen molar-refractivity contribution in [1.82, 2.24) is 10.2 Å². The van der Waals surface area contributed by atoms with E-state index in [0.29, 0.717) is 12.5 Å². The molecule has 4 heteroatoms. The van der Waals surface area contributed by atoms with Crippen molar-refractivity contribution in [3.8, 4) is 0 Å². The van der Waals surface area contributed by atoms with E-state index in [2.05, 4.69) is 29.4 Å². The van der Waals surface area contributed by atoms with Gasteiger partial charge in [0.05, 0.1) is 5.92 Å². The van der Waals surface area contributed by atoms with Gasteiger partial charge in [0.2, 0.25) is 5.91 Å². The molecular formula is C17H25N3O. The van der Waals surface area contributed by atoms with E-state index in [0.717, 1.165) is 13.1 Å². The van der Waals surface area contributed by atoms with E-state index in [4.69, 9.17) is 5.73 Å². The lowest BCUT2D eigenvalue weighted by Crippen LogP contribution is -2.42. The highest BCUT2D eigenvalue weighted by Gasteiger charge is 2.37. The van der Waals surface area contributed by atoms with Crippen molar-refractivity contribution in [3.63, 3.8) is 0 Å². The Hall–Kier alpha value is -1.39. The second kappa shape index (κ2) is 6.16. The normalized spacial score (nSPS) is 27.5. The molecule has 3 N–H and O–H groups in total. The highest BCUT2D eigenvalue weighted by molar-refractivity contribution is 5.80. The van der Waals surface area contributed by atoms with Crippen LogP contribution in [0.3, 0.4) is 0 Å². The Kier molecular flexibility index (Phi) is 4.27. The standard InChI is InChI=1S/C17H25N3O/c1-20-10-14(12-5-3-2-4-6-12)15(11-20)17(21)19-9-16(18)13-7-8-13/h2-6,13-16H,7-11,18H2,1H3,(H,19,21)/t14-,15+,16?/m1/s1. The van der Waals surface area contributed by atoms with Crippen molar-refractivity contribution >= 4 is 5.91 Å². The Morgan fingerprint density at radius 1 is 1.33 bits per heavy atom. The molecule has 1 aliphatic heterocycles. The SMILES string of the molecule is CN1C[C@H](C(=O)NCC(N)C2CC2)[C@@H](c2ccccc2)C1. The number of carbonyl (C=O) groups is 1. The van der Waals surface area contributed by atoms with Gasteiger partial charge >= 0.3 is 0 Å². The van der Waals surface area contributed by atoms with Crippen LogP contribution in [-0.4, -0.2) is 43.5 Å². The van der Waals surface area contributed by atoms with Crippen LogP contribution < -0.4 is 11.1 Å². The molecule has 2 aliphatic rings. The minimum absolute atomic E-state index is 0.0313. The van der Waals surface area contributed by atoms with Crippen LogP contribution >= 0.6 is 0 Å². The molecule has 0 radical (unpaired) electrons. The van der Waals surface area contributed by atoms with E-state index in [1.54, 1.807) is 0 Å². The summed E-state index contributed by atoms with van der Waals surface area (Å²) < 4.78 is 0. The van der Waals surface area contributed by atoms with Gasteiger partial charge in [0, 0.05) is 31.6 Å². The number of nitrogens with one attached hydrogen (secondary N) is 1. The van der Waals surface area contributed by atoms with Gasteiger partial charge in [-0.25, -0.2) is 0 Å². The first-order valence-corrected chi connectivity index (χ1v) is 7.92. The molecule has 1 heterocycles. The van der Waals surface area contributed by atoms with Gasteiger partial charge in [-0.15, -0.1) is 0 Å². The molecular weight excluding hydrogens is 262 g/mol. The van der Waals surface area contributed by atoms with Crippen LogP contribution in [0.5, 0.6) is 0 Å². The molecule has 3 rings (SSSR count). The van der Waals surface area contributed by atoms with Gasteiger partial charge in [0.25, 0.3) is 0 Å². The summed E-state index contributed by atoms with van der Waals surface area (Å²) >= 11 is 0. The largest absolute Gasteiger partial charge is 0.354 e. The molecule has 2 fully saturated rings. The third kappa shape index (κ3) is 3.44. The van der Waals surface area contributed by atoms with Gasteiger partial charge in [-0.1, -0.05) is 30.3 Å². The number of carbonyl (C=O) groups excluding carboxylic acids is 1. The van der Waals surface area contributed by atoms with E-state index < -0.39 is 0 Å². The van der Waals surface area contributed by atoms with Crippen LogP contribution in [0.4, 0.5) is 0 Å². The molecule has 1 aliphatic carbocycles. The fourth-order valence-electron chi connectivity index (χ4n) is 3.34. The van der Waals surface area contributed by atoms with Gasteiger partial charge in [-0.05, 0) is 31.4 Å². The third-order valence-electron chi connectivity index (χ3n) is 4.81. The molecule has 1 amide bonds. The first-order chi connectivity index (χ1) is 10.1. The van der Waals surface area contributed by atoms with E-state index in [1.165, 1.54) is 18.4 Å². The molecule has 1 saturated heterocycles. The van der Waals surface area contributed by atoms with Crippen LogP contribution in [0.1, 0.15) is 24.3 Å². The van der Waals surface area contributed by atoms with Crippen LogP contribution in [0.25, 0.3) is 0 Å². The molecule has 0 aromatic heterocycles. The summed E-state index contributed by atoms with van der Waals surface area (Å²) in [6.07, 6.45) is 2.44. The molecule has 0 spiro atoms. The number of likely N-dealkylation sites (N-methyl/N-ethyl adjacent to an activating group) is 1. The average molecular weight is 287 g/mol. The maximum atomic E-state index is 12.5. The Morgan fingerprint density at radius 2 is 2.05 bits per heavy atom. The maximum absolute atomic E-state index is 12.5. The number of amides is 1. The van der Waals surface area contributed by atoms with Crippen LogP contribution in [-0.2, 0) is 4.79 Å². The van der Waals surface area contributed by atoms with E-state index in [9.17, 15) is 4.79 Å². The average Bonchev–Trinajstić information content (AvgIpc) is 3.28. The summed E-state index contributed by atoms with van der Waals surface area (Å²) in [6.45, 7) is 2.38. The number of hydrogen-bond donors (Lipinski definition) is 2. The van der Waals surface area contributed by atoms with Gasteiger partial charge in [-0.3, -0.25) is 4.79 Å². The Bertz CT molecular complexity index is 486. The van der Waals surface area contributed by atoms with Crippen LogP contribution in [0, 0.1) is 11.8 Å². The van der Waals surface area contributed by atoms with Gasteiger partial charge in [0.1, 0.15) is 0 Å². The number of hydrogen-bond acceptors (Lipinski definition) is 3. The molecule has 1 aromatic rings. The Balaban J connectivity index is 1.62. The van der Waals surface area contributed by atoms with Gasteiger partial charge < -0.3 is 16.0 Å². The second-order valence-electron chi connectivity index (χ2n) is 6.59. The van der Waals surface area contributed by atoms with Crippen molar-refractivity contribution in [1.29, 1.82) is 0 Å². The van der Waals surface area contributed by atoms with E-state index >= 15 is 0 Å². The van der Waals surface area contributed by atoms with Crippen molar-refractivity contribution in [2.45, 2.75) is 24.8 Å². The summed E-state index contributed by atoms with van der Waals surface area (Å²) in [7, 11) is 2.08. The Labute approximate surface area is 126 Å².